The van der Waals surface area contributed by atoms with Crippen LogP contribution < -0.4 is 10.2 Å². The summed E-state index contributed by atoms with van der Waals surface area (Å²) in [5, 5.41) is 7.30. The second-order valence-corrected chi connectivity index (χ2v) is 4.26. The molecule has 18 heavy (non-hydrogen) atoms. The van der Waals surface area contributed by atoms with E-state index in [1.165, 1.54) is 16.6 Å². The smallest absolute Gasteiger partial charge is 0.351 e. The van der Waals surface area contributed by atoms with E-state index in [4.69, 9.17) is 0 Å². The number of nitrogens with zero attached hydrogens (tertiary/aromatic N) is 3. The Hall–Kier alpha value is -1.24. The Morgan fingerprint density at radius 2 is 2.00 bits per heavy atom. The Morgan fingerprint density at radius 1 is 1.39 bits per heavy atom. The van der Waals surface area contributed by atoms with Crippen LogP contribution in [0.2, 0.25) is 0 Å². The fourth-order valence-electron chi connectivity index (χ4n) is 1.97. The van der Waals surface area contributed by atoms with E-state index in [0.717, 1.165) is 17.8 Å². The lowest BCUT2D eigenvalue weighted by molar-refractivity contribution is -0.119. The highest BCUT2D eigenvalue weighted by atomic mass is 19.4. The topological polar surface area (TPSA) is 33.1 Å². The summed E-state index contributed by atoms with van der Waals surface area (Å²) in [5.41, 5.74) is 1.56. The number of hydrogen-bond donors (Lipinski definition) is 1. The van der Waals surface area contributed by atoms with Gasteiger partial charge in [0, 0.05) is 26.2 Å². The van der Waals surface area contributed by atoms with Crippen molar-refractivity contribution in [1.82, 2.24) is 15.1 Å². The molecule has 1 N–H and O–H groups in total. The molecule has 0 atom stereocenters. The summed E-state index contributed by atoms with van der Waals surface area (Å²) in [6, 6.07) is 0. The lowest BCUT2D eigenvalue weighted by atomic mass is 10.2. The molecule has 0 aliphatic rings. The van der Waals surface area contributed by atoms with Gasteiger partial charge in [-0.05, 0) is 13.5 Å². The van der Waals surface area contributed by atoms with E-state index in [2.05, 4.69) is 10.4 Å². The van der Waals surface area contributed by atoms with Crippen molar-refractivity contribution < 1.29 is 13.2 Å². The number of nitrogens with one attached hydrogen (secondary N) is 1. The summed E-state index contributed by atoms with van der Waals surface area (Å²) in [5.74, 6) is 0.505. The number of anilines is 1. The van der Waals surface area contributed by atoms with Crippen LogP contribution in [-0.2, 0) is 13.6 Å². The van der Waals surface area contributed by atoms with Gasteiger partial charge >= 0.3 is 6.18 Å². The minimum absolute atomic E-state index is 0.505. The molecule has 4 nitrogen and oxygen atoms in total. The monoisotopic (exact) mass is 264 g/mol. The molecule has 0 spiro atoms. The van der Waals surface area contributed by atoms with E-state index in [-0.39, 0.29) is 0 Å². The maximum Gasteiger partial charge on any atom is 0.405 e. The van der Waals surface area contributed by atoms with Crippen LogP contribution in [0.1, 0.15) is 18.2 Å². The number of rotatable bonds is 5. The predicted molar refractivity (Wildman–Crippen MR) is 64.7 cm³/mol. The van der Waals surface area contributed by atoms with E-state index in [1.54, 1.807) is 14.0 Å². The molecule has 0 amide bonds. The maximum atomic E-state index is 12.4. The van der Waals surface area contributed by atoms with Crippen LogP contribution in [0.25, 0.3) is 0 Å². The molecule has 104 valence electrons. The summed E-state index contributed by atoms with van der Waals surface area (Å²) in [4.78, 5) is 1.19. The molecule has 0 bridgehead atoms. The molecule has 0 saturated heterocycles. The molecule has 0 aliphatic heterocycles. The van der Waals surface area contributed by atoms with Gasteiger partial charge in [0.25, 0.3) is 0 Å². The molecular formula is C11H19F3N4. The summed E-state index contributed by atoms with van der Waals surface area (Å²) in [7, 11) is 3.09. The maximum absolute atomic E-state index is 12.4. The molecule has 0 fully saturated rings. The molecule has 0 saturated carbocycles. The largest absolute Gasteiger partial charge is 0.405 e. The third-order valence-electron chi connectivity index (χ3n) is 2.64. The average Bonchev–Trinajstić information content (AvgIpc) is 2.47. The van der Waals surface area contributed by atoms with Crippen LogP contribution in [0.5, 0.6) is 0 Å². The Morgan fingerprint density at radius 3 is 2.50 bits per heavy atom. The molecular weight excluding hydrogens is 245 g/mol. The second-order valence-electron chi connectivity index (χ2n) is 4.26. The first-order valence-electron chi connectivity index (χ1n) is 5.77. The van der Waals surface area contributed by atoms with Crippen molar-refractivity contribution in [3.63, 3.8) is 0 Å². The van der Waals surface area contributed by atoms with Crippen molar-refractivity contribution in [3.8, 4) is 0 Å². The van der Waals surface area contributed by atoms with Crippen molar-refractivity contribution >= 4 is 5.82 Å². The van der Waals surface area contributed by atoms with Crippen molar-refractivity contribution in [2.45, 2.75) is 26.6 Å². The van der Waals surface area contributed by atoms with E-state index in [1.807, 2.05) is 6.92 Å². The first-order chi connectivity index (χ1) is 8.26. The van der Waals surface area contributed by atoms with Crippen molar-refractivity contribution in [2.75, 3.05) is 25.0 Å². The molecule has 1 heterocycles. The van der Waals surface area contributed by atoms with Crippen LogP contribution in [0.15, 0.2) is 0 Å². The van der Waals surface area contributed by atoms with Gasteiger partial charge in [0.15, 0.2) is 0 Å². The summed E-state index contributed by atoms with van der Waals surface area (Å²) >= 11 is 0. The van der Waals surface area contributed by atoms with E-state index >= 15 is 0 Å². The van der Waals surface area contributed by atoms with E-state index < -0.39 is 12.7 Å². The second kappa shape index (κ2) is 5.60. The summed E-state index contributed by atoms with van der Waals surface area (Å²) in [6.07, 6.45) is -4.22. The Labute approximate surface area is 105 Å². The van der Waals surface area contributed by atoms with Gasteiger partial charge in [0.05, 0.1) is 5.69 Å². The lowest BCUT2D eigenvalue weighted by Crippen LogP contribution is -2.33. The van der Waals surface area contributed by atoms with Crippen molar-refractivity contribution in [3.05, 3.63) is 11.3 Å². The zero-order valence-corrected chi connectivity index (χ0v) is 11.1. The van der Waals surface area contributed by atoms with Gasteiger partial charge in [-0.15, -0.1) is 0 Å². The number of hydrogen-bond acceptors (Lipinski definition) is 3. The zero-order chi connectivity index (χ0) is 13.9. The molecule has 1 aromatic heterocycles. The third-order valence-corrected chi connectivity index (χ3v) is 2.64. The normalized spacial score (nSPS) is 11.9. The standard InChI is InChI=1S/C11H19F3N4/c1-5-15-6-9-8(2)16-18(4)10(9)17(3)7-11(12,13)14/h15H,5-7H2,1-4H3. The van der Waals surface area contributed by atoms with Crippen LogP contribution in [0, 0.1) is 6.92 Å². The molecule has 0 unspecified atom stereocenters. The van der Waals surface area contributed by atoms with Crippen LogP contribution in [-0.4, -0.2) is 36.1 Å². The first-order valence-corrected chi connectivity index (χ1v) is 5.77. The summed E-state index contributed by atoms with van der Waals surface area (Å²) < 4.78 is 38.8. The van der Waals surface area contributed by atoms with Crippen LogP contribution in [0.4, 0.5) is 19.0 Å². The van der Waals surface area contributed by atoms with Crippen molar-refractivity contribution in [1.29, 1.82) is 0 Å². The SMILES string of the molecule is CCNCc1c(C)nn(C)c1N(C)CC(F)(F)F. The minimum Gasteiger partial charge on any atom is -0.351 e. The number of halogens is 3. The van der Waals surface area contributed by atoms with Gasteiger partial charge < -0.3 is 10.2 Å². The minimum atomic E-state index is -4.22. The highest BCUT2D eigenvalue weighted by molar-refractivity contribution is 5.49. The fourth-order valence-corrected chi connectivity index (χ4v) is 1.97. The van der Waals surface area contributed by atoms with E-state index in [9.17, 15) is 13.2 Å². The van der Waals surface area contributed by atoms with Crippen molar-refractivity contribution in [2.24, 2.45) is 7.05 Å². The van der Waals surface area contributed by atoms with Crippen LogP contribution in [0.3, 0.4) is 0 Å². The third kappa shape index (κ3) is 3.63. The Kier molecular flexibility index (Phi) is 4.61. The highest BCUT2D eigenvalue weighted by Gasteiger charge is 2.31. The summed E-state index contributed by atoms with van der Waals surface area (Å²) in [6.45, 7) is 4.05. The quantitative estimate of drug-likeness (QED) is 0.881. The van der Waals surface area contributed by atoms with Gasteiger partial charge in [0.2, 0.25) is 0 Å². The highest BCUT2D eigenvalue weighted by Crippen LogP contribution is 2.25. The molecule has 1 rings (SSSR count). The molecule has 0 aliphatic carbocycles. The molecule has 1 aromatic rings. The lowest BCUT2D eigenvalue weighted by Gasteiger charge is -2.22. The number of aryl methyl sites for hydroxylation is 2. The van der Waals surface area contributed by atoms with Gasteiger partial charge in [-0.2, -0.15) is 18.3 Å². The average molecular weight is 264 g/mol. The Balaban J connectivity index is 2.98. The fraction of sp³-hybridized carbons (Fsp3) is 0.727. The molecule has 0 radical (unpaired) electrons. The van der Waals surface area contributed by atoms with Gasteiger partial charge in [0.1, 0.15) is 12.4 Å². The molecule has 7 heteroatoms. The van der Waals surface area contributed by atoms with Gasteiger partial charge in [-0.3, -0.25) is 4.68 Å². The predicted octanol–water partition coefficient (Wildman–Crippen LogP) is 1.84. The zero-order valence-electron chi connectivity index (χ0n) is 11.1. The number of aromatic nitrogens is 2. The van der Waals surface area contributed by atoms with Gasteiger partial charge in [-0.25, -0.2) is 0 Å². The van der Waals surface area contributed by atoms with Crippen LogP contribution >= 0.6 is 0 Å². The molecule has 0 aromatic carbocycles. The van der Waals surface area contributed by atoms with E-state index in [0.29, 0.717) is 12.4 Å². The van der Waals surface area contributed by atoms with Gasteiger partial charge in [-0.1, -0.05) is 6.92 Å². The Bertz CT molecular complexity index is 398. The first kappa shape index (κ1) is 14.8. The number of alkyl halides is 3.